The Morgan fingerprint density at radius 1 is 1.00 bits per heavy atom. The molecule has 1 aliphatic rings. The van der Waals surface area contributed by atoms with Crippen molar-refractivity contribution < 1.29 is 13.2 Å². The van der Waals surface area contributed by atoms with Gasteiger partial charge in [-0.3, -0.25) is 4.90 Å². The van der Waals surface area contributed by atoms with E-state index >= 15 is 0 Å². The van der Waals surface area contributed by atoms with Crippen molar-refractivity contribution >= 4 is 5.52 Å². The standard InChI is InChI=1S/C22H18F3N5/c23-22(24,25)18-6-4-15(5-7-18)21-26-11-16-13-29(10-8-19(16)28-21)14-17-12-27-30-9-2-1-3-20(17)30/h1-7,9,11-12H,8,10,13-14H2. The van der Waals surface area contributed by atoms with Gasteiger partial charge in [-0.2, -0.15) is 18.3 Å². The number of alkyl halides is 3. The van der Waals surface area contributed by atoms with Gasteiger partial charge >= 0.3 is 6.18 Å². The lowest BCUT2D eigenvalue weighted by Gasteiger charge is -2.27. The molecule has 152 valence electrons. The van der Waals surface area contributed by atoms with Crippen molar-refractivity contribution in [1.29, 1.82) is 0 Å². The van der Waals surface area contributed by atoms with Gasteiger partial charge in [0, 0.05) is 55.1 Å². The second-order valence-electron chi connectivity index (χ2n) is 7.40. The van der Waals surface area contributed by atoms with E-state index in [1.807, 2.05) is 29.0 Å². The molecule has 0 N–H and O–H groups in total. The molecule has 0 aliphatic carbocycles. The van der Waals surface area contributed by atoms with Crippen LogP contribution in [-0.4, -0.2) is 31.0 Å². The predicted octanol–water partition coefficient (Wildman–Crippen LogP) is 4.37. The van der Waals surface area contributed by atoms with Crippen LogP contribution >= 0.6 is 0 Å². The molecule has 0 bridgehead atoms. The van der Waals surface area contributed by atoms with Gasteiger partial charge in [0.2, 0.25) is 0 Å². The van der Waals surface area contributed by atoms with Gasteiger partial charge in [-0.1, -0.05) is 18.2 Å². The molecule has 4 aromatic rings. The summed E-state index contributed by atoms with van der Waals surface area (Å²) in [5.74, 6) is 0.457. The SMILES string of the molecule is FC(F)(F)c1ccc(-c2ncc3c(n2)CCN(Cc2cnn4ccccc24)C3)cc1. The molecular weight excluding hydrogens is 391 g/mol. The minimum absolute atomic E-state index is 0.457. The first kappa shape index (κ1) is 18.7. The zero-order valence-electron chi connectivity index (χ0n) is 16.0. The zero-order chi connectivity index (χ0) is 20.7. The van der Waals surface area contributed by atoms with Crippen molar-refractivity contribution in [2.24, 2.45) is 0 Å². The Labute approximate surface area is 170 Å². The molecule has 0 saturated heterocycles. The van der Waals surface area contributed by atoms with E-state index in [1.165, 1.54) is 17.7 Å². The number of benzene rings is 1. The van der Waals surface area contributed by atoms with Gasteiger partial charge in [-0.15, -0.1) is 0 Å². The molecular formula is C22H18F3N5. The lowest BCUT2D eigenvalue weighted by molar-refractivity contribution is -0.137. The minimum atomic E-state index is -4.35. The van der Waals surface area contributed by atoms with Gasteiger partial charge in [0.15, 0.2) is 5.82 Å². The van der Waals surface area contributed by atoms with Crippen LogP contribution in [-0.2, 0) is 25.7 Å². The second kappa shape index (κ2) is 7.21. The predicted molar refractivity (Wildman–Crippen MR) is 105 cm³/mol. The van der Waals surface area contributed by atoms with Crippen LogP contribution in [0.5, 0.6) is 0 Å². The smallest absolute Gasteiger partial charge is 0.294 e. The number of aromatic nitrogens is 4. The number of halogens is 3. The van der Waals surface area contributed by atoms with Gasteiger partial charge in [0.1, 0.15) is 0 Å². The van der Waals surface area contributed by atoms with Gasteiger partial charge in [0.05, 0.1) is 23.0 Å². The summed E-state index contributed by atoms with van der Waals surface area (Å²) in [4.78, 5) is 11.3. The fourth-order valence-corrected chi connectivity index (χ4v) is 3.81. The van der Waals surface area contributed by atoms with Crippen molar-refractivity contribution in [3.8, 4) is 11.4 Å². The molecule has 0 fully saturated rings. The number of fused-ring (bicyclic) bond motifs is 2. The Balaban J connectivity index is 1.33. The fourth-order valence-electron chi connectivity index (χ4n) is 3.81. The molecule has 3 aromatic heterocycles. The first-order valence-electron chi connectivity index (χ1n) is 9.63. The van der Waals surface area contributed by atoms with Gasteiger partial charge in [-0.05, 0) is 24.3 Å². The third-order valence-corrected chi connectivity index (χ3v) is 5.38. The van der Waals surface area contributed by atoms with Crippen molar-refractivity contribution in [3.63, 3.8) is 0 Å². The van der Waals surface area contributed by atoms with Crippen molar-refractivity contribution in [2.45, 2.75) is 25.7 Å². The lowest BCUT2D eigenvalue weighted by atomic mass is 10.1. The molecule has 0 atom stereocenters. The van der Waals surface area contributed by atoms with Gasteiger partial charge < -0.3 is 0 Å². The zero-order valence-corrected chi connectivity index (χ0v) is 16.0. The molecule has 8 heteroatoms. The molecule has 0 amide bonds. The van der Waals surface area contributed by atoms with E-state index in [-0.39, 0.29) is 0 Å². The Morgan fingerprint density at radius 2 is 1.83 bits per heavy atom. The van der Waals surface area contributed by atoms with E-state index in [1.54, 1.807) is 6.20 Å². The van der Waals surface area contributed by atoms with Crippen LogP contribution in [0.2, 0.25) is 0 Å². The summed E-state index contributed by atoms with van der Waals surface area (Å²) in [5, 5.41) is 4.39. The molecule has 0 saturated carbocycles. The maximum absolute atomic E-state index is 12.8. The number of pyridine rings is 1. The van der Waals surface area contributed by atoms with Crippen LogP contribution in [0.1, 0.15) is 22.4 Å². The third kappa shape index (κ3) is 3.54. The molecule has 0 radical (unpaired) electrons. The summed E-state index contributed by atoms with van der Waals surface area (Å²) in [7, 11) is 0. The van der Waals surface area contributed by atoms with E-state index in [2.05, 4.69) is 26.0 Å². The first-order valence-corrected chi connectivity index (χ1v) is 9.63. The number of nitrogens with zero attached hydrogens (tertiary/aromatic N) is 5. The van der Waals surface area contributed by atoms with Crippen LogP contribution in [0.4, 0.5) is 13.2 Å². The minimum Gasteiger partial charge on any atom is -0.294 e. The summed E-state index contributed by atoms with van der Waals surface area (Å²) >= 11 is 0. The van der Waals surface area contributed by atoms with Crippen LogP contribution in [0.25, 0.3) is 16.9 Å². The van der Waals surface area contributed by atoms with E-state index in [0.29, 0.717) is 11.4 Å². The van der Waals surface area contributed by atoms with E-state index in [9.17, 15) is 13.2 Å². The normalized spacial score (nSPS) is 14.8. The highest BCUT2D eigenvalue weighted by Gasteiger charge is 2.30. The Morgan fingerprint density at radius 3 is 2.63 bits per heavy atom. The highest BCUT2D eigenvalue weighted by atomic mass is 19.4. The van der Waals surface area contributed by atoms with Crippen LogP contribution in [0.15, 0.2) is 61.1 Å². The van der Waals surface area contributed by atoms with Gasteiger partial charge in [0.25, 0.3) is 0 Å². The maximum atomic E-state index is 12.8. The first-order chi connectivity index (χ1) is 14.5. The Bertz CT molecular complexity index is 1200. The maximum Gasteiger partial charge on any atom is 0.416 e. The average molecular weight is 409 g/mol. The monoisotopic (exact) mass is 409 g/mol. The second-order valence-corrected chi connectivity index (χ2v) is 7.40. The lowest BCUT2D eigenvalue weighted by Crippen LogP contribution is -2.30. The average Bonchev–Trinajstić information content (AvgIpc) is 3.16. The molecule has 5 rings (SSSR count). The molecule has 1 aliphatic heterocycles. The third-order valence-electron chi connectivity index (χ3n) is 5.38. The van der Waals surface area contributed by atoms with Crippen molar-refractivity contribution in [1.82, 2.24) is 24.5 Å². The largest absolute Gasteiger partial charge is 0.416 e. The van der Waals surface area contributed by atoms with E-state index in [0.717, 1.165) is 55.0 Å². The number of rotatable bonds is 3. The van der Waals surface area contributed by atoms with Crippen LogP contribution in [0.3, 0.4) is 0 Å². The van der Waals surface area contributed by atoms with E-state index in [4.69, 9.17) is 0 Å². The summed E-state index contributed by atoms with van der Waals surface area (Å²) in [5.41, 5.74) is 4.18. The Kier molecular flexibility index (Phi) is 4.51. The summed E-state index contributed by atoms with van der Waals surface area (Å²) in [6, 6.07) is 11.0. The van der Waals surface area contributed by atoms with Crippen LogP contribution < -0.4 is 0 Å². The van der Waals surface area contributed by atoms with E-state index < -0.39 is 11.7 Å². The topological polar surface area (TPSA) is 46.3 Å². The quantitative estimate of drug-likeness (QED) is 0.504. The summed E-state index contributed by atoms with van der Waals surface area (Å²) in [6.07, 6.45) is 2.04. The fraction of sp³-hybridized carbons (Fsp3) is 0.227. The highest BCUT2D eigenvalue weighted by molar-refractivity contribution is 5.56. The molecule has 5 nitrogen and oxygen atoms in total. The summed E-state index contributed by atoms with van der Waals surface area (Å²) in [6.45, 7) is 2.36. The summed E-state index contributed by atoms with van der Waals surface area (Å²) < 4.78 is 40.2. The molecule has 4 heterocycles. The number of hydrogen-bond donors (Lipinski definition) is 0. The highest BCUT2D eigenvalue weighted by Crippen LogP contribution is 2.30. The number of hydrogen-bond acceptors (Lipinski definition) is 4. The Hall–Kier alpha value is -3.26. The van der Waals surface area contributed by atoms with Crippen molar-refractivity contribution in [3.05, 3.63) is 83.4 Å². The molecule has 30 heavy (non-hydrogen) atoms. The van der Waals surface area contributed by atoms with Crippen molar-refractivity contribution in [2.75, 3.05) is 6.54 Å². The molecule has 0 unspecified atom stereocenters. The molecule has 0 spiro atoms. The van der Waals surface area contributed by atoms with Crippen LogP contribution in [0, 0.1) is 0 Å². The molecule has 1 aromatic carbocycles. The van der Waals surface area contributed by atoms with Gasteiger partial charge in [-0.25, -0.2) is 14.5 Å².